The Morgan fingerprint density at radius 1 is 0.589 bits per heavy atom. The van der Waals surface area contributed by atoms with Gasteiger partial charge in [-0.05, 0) is 121 Å². The van der Waals surface area contributed by atoms with Crippen LogP contribution in [0.5, 0.6) is 0 Å². The molecule has 0 atom stereocenters. The van der Waals surface area contributed by atoms with Crippen LogP contribution in [-0.2, 0) is 25.5 Å². The molecule has 0 aliphatic carbocycles. The van der Waals surface area contributed by atoms with Gasteiger partial charge in [0.25, 0.3) is 0 Å². The molecular formula is C67H55IrN3O2-2. The molecule has 0 amide bonds. The van der Waals surface area contributed by atoms with Crippen LogP contribution < -0.4 is 0 Å². The summed E-state index contributed by atoms with van der Waals surface area (Å²) in [7, 11) is 0. The summed E-state index contributed by atoms with van der Waals surface area (Å²) in [6.45, 7) is 13.0. The number of fused-ring (bicyclic) bond motifs is 10. The Labute approximate surface area is 444 Å². The Bertz CT molecular complexity index is 4290. The van der Waals surface area contributed by atoms with Crippen LogP contribution >= 0.6 is 0 Å². The van der Waals surface area contributed by atoms with E-state index >= 15 is 0 Å². The number of nitrogens with zero attached hydrogens (tertiary/aromatic N) is 3. The predicted octanol–water partition coefficient (Wildman–Crippen LogP) is 18.7. The van der Waals surface area contributed by atoms with Crippen molar-refractivity contribution in [1.29, 1.82) is 0 Å². The molecule has 0 spiro atoms. The number of aryl methyl sites for hydroxylation is 1. The van der Waals surface area contributed by atoms with Crippen LogP contribution in [0.15, 0.2) is 185 Å². The van der Waals surface area contributed by atoms with Gasteiger partial charge < -0.3 is 18.4 Å². The topological polar surface area (TPSA) is 57.0 Å². The van der Waals surface area contributed by atoms with Crippen LogP contribution in [0.1, 0.15) is 86.7 Å². The fourth-order valence-electron chi connectivity index (χ4n) is 10.5. The van der Waals surface area contributed by atoms with Gasteiger partial charge in [0.2, 0.25) is 0 Å². The SMILES string of the molecule is CC(C)c1cc(-c2cc3ccccc3o2)cc(C(C)C)c1-n1c(-c2[c-]ccc3c2oc2cc4c(ccc5ccccc54)cc23)nc2ccc3ccccc3c21.[2H]C([2H])([2H])c1cnc(-c2[c-]cccc2)cc1C(C)(C)C.[Ir]. The molecule has 0 saturated heterocycles. The van der Waals surface area contributed by atoms with Crippen LogP contribution in [0.3, 0.4) is 0 Å². The van der Waals surface area contributed by atoms with Crippen molar-refractivity contribution in [2.24, 2.45) is 0 Å². The fourth-order valence-corrected chi connectivity index (χ4v) is 10.5. The number of furan rings is 2. The molecule has 73 heavy (non-hydrogen) atoms. The summed E-state index contributed by atoms with van der Waals surface area (Å²) in [4.78, 5) is 9.79. The van der Waals surface area contributed by atoms with Gasteiger partial charge in [-0.15, -0.1) is 54.1 Å². The number of hydrogen-bond donors (Lipinski definition) is 0. The first-order chi connectivity index (χ1) is 36.1. The molecule has 13 rings (SSSR count). The Balaban J connectivity index is 0.000000249. The summed E-state index contributed by atoms with van der Waals surface area (Å²) in [6, 6.07) is 65.8. The van der Waals surface area contributed by atoms with Crippen LogP contribution in [-0.4, -0.2) is 14.5 Å². The maximum atomic E-state index is 7.65. The number of aromatic nitrogens is 3. The standard InChI is InChI=1S/C51H37N2O2.C16H18N.Ir/c1-29(2)40-25-35(46-27-34-14-7-10-19-45(34)54-46)26-41(30(3)4)48(40)53-49-37-16-9-6-13-32(37)22-23-44(49)52-51(53)39-18-11-17-38-43-24-33-21-20-31-12-5-8-15-36(31)42(33)28-47(43)55-50(38)39;1-12-11-17-15(10-14(12)16(2,3)4)13-8-6-5-7-9-13;/h5-17,19-30H,1-4H3;5-8,10-11H,1-4H3;/q2*-1;/i;1D3;. The van der Waals surface area contributed by atoms with E-state index in [1.807, 2.05) is 69.3 Å². The van der Waals surface area contributed by atoms with Crippen molar-refractivity contribution >= 4 is 76.3 Å². The Hall–Kier alpha value is -7.63. The van der Waals surface area contributed by atoms with Crippen molar-refractivity contribution in [2.75, 3.05) is 0 Å². The quantitative estimate of drug-likeness (QED) is 0.123. The average Bonchev–Trinajstić information content (AvgIpc) is 4.17. The summed E-state index contributed by atoms with van der Waals surface area (Å²) in [5.74, 6) is 2.08. The third-order valence-corrected chi connectivity index (χ3v) is 14.1. The summed E-state index contributed by atoms with van der Waals surface area (Å²) < 4.78 is 38.8. The van der Waals surface area contributed by atoms with Gasteiger partial charge in [0.1, 0.15) is 16.9 Å². The fraction of sp³-hybridized carbons (Fsp3) is 0.164. The zero-order valence-corrected chi connectivity index (χ0v) is 44.3. The molecule has 6 heteroatoms. The summed E-state index contributed by atoms with van der Waals surface area (Å²) >= 11 is 0. The minimum Gasteiger partial charge on any atom is -0.501 e. The van der Waals surface area contributed by atoms with Crippen molar-refractivity contribution < 1.29 is 33.1 Å². The molecule has 4 heterocycles. The van der Waals surface area contributed by atoms with Crippen LogP contribution in [0, 0.1) is 19.0 Å². The van der Waals surface area contributed by atoms with Gasteiger partial charge in [-0.2, -0.15) is 0 Å². The summed E-state index contributed by atoms with van der Waals surface area (Å²) in [5, 5.41) is 10.4. The molecule has 0 aliphatic heterocycles. The molecule has 361 valence electrons. The van der Waals surface area contributed by atoms with E-state index in [0.717, 1.165) is 94.5 Å². The van der Waals surface area contributed by atoms with Crippen molar-refractivity contribution in [3.8, 4) is 39.7 Å². The van der Waals surface area contributed by atoms with E-state index in [0.29, 0.717) is 5.56 Å². The van der Waals surface area contributed by atoms with Gasteiger partial charge in [-0.1, -0.05) is 150 Å². The van der Waals surface area contributed by atoms with Gasteiger partial charge in [0.05, 0.1) is 22.4 Å². The van der Waals surface area contributed by atoms with E-state index in [-0.39, 0.29) is 37.4 Å². The van der Waals surface area contributed by atoms with Gasteiger partial charge in [-0.3, -0.25) is 4.98 Å². The normalized spacial score (nSPS) is 12.8. The summed E-state index contributed by atoms with van der Waals surface area (Å²) in [5.41, 5.74) is 12.6. The molecule has 0 fully saturated rings. The minimum absolute atomic E-state index is 0. The second-order valence-electron chi connectivity index (χ2n) is 20.6. The van der Waals surface area contributed by atoms with E-state index in [2.05, 4.69) is 171 Å². The Morgan fingerprint density at radius 2 is 1.27 bits per heavy atom. The third-order valence-electron chi connectivity index (χ3n) is 14.1. The van der Waals surface area contributed by atoms with E-state index in [4.69, 9.17) is 17.9 Å². The molecule has 4 aromatic heterocycles. The first-order valence-electron chi connectivity index (χ1n) is 26.3. The molecule has 13 aromatic rings. The first kappa shape index (κ1) is 44.1. The monoisotopic (exact) mass is 1130 g/mol. The van der Waals surface area contributed by atoms with Crippen LogP contribution in [0.2, 0.25) is 0 Å². The van der Waals surface area contributed by atoms with Crippen molar-refractivity contribution in [3.63, 3.8) is 0 Å². The molecular weight excluding hydrogens is 1070 g/mol. The second-order valence-corrected chi connectivity index (χ2v) is 20.6. The zero-order chi connectivity index (χ0) is 51.9. The van der Waals surface area contributed by atoms with E-state index in [1.165, 1.54) is 44.3 Å². The van der Waals surface area contributed by atoms with Gasteiger partial charge in [-0.25, -0.2) is 0 Å². The van der Waals surface area contributed by atoms with Gasteiger partial charge in [0, 0.05) is 57.8 Å². The number of hydrogen-bond acceptors (Lipinski definition) is 4. The minimum atomic E-state index is -2.14. The maximum absolute atomic E-state index is 7.65. The maximum Gasteiger partial charge on any atom is 0.135 e. The molecule has 9 aromatic carbocycles. The predicted molar refractivity (Wildman–Crippen MR) is 300 cm³/mol. The van der Waals surface area contributed by atoms with E-state index in [1.54, 1.807) is 0 Å². The van der Waals surface area contributed by atoms with Crippen LogP contribution in [0.25, 0.3) is 116 Å². The molecule has 1 radical (unpaired) electrons. The molecule has 0 bridgehead atoms. The van der Waals surface area contributed by atoms with E-state index in [9.17, 15) is 0 Å². The smallest absolute Gasteiger partial charge is 0.135 e. The number of para-hydroxylation sites is 1. The molecule has 0 unspecified atom stereocenters. The van der Waals surface area contributed by atoms with Gasteiger partial charge in [0.15, 0.2) is 0 Å². The number of rotatable bonds is 6. The molecule has 0 saturated carbocycles. The number of benzene rings is 9. The number of pyridine rings is 1. The molecule has 0 N–H and O–H groups in total. The van der Waals surface area contributed by atoms with E-state index < -0.39 is 6.85 Å². The third kappa shape index (κ3) is 8.43. The summed E-state index contributed by atoms with van der Waals surface area (Å²) in [6.07, 6.45) is 1.48. The van der Waals surface area contributed by atoms with Gasteiger partial charge >= 0.3 is 0 Å². The Morgan fingerprint density at radius 3 is 1.99 bits per heavy atom. The zero-order valence-electron chi connectivity index (χ0n) is 44.9. The largest absolute Gasteiger partial charge is 0.501 e. The van der Waals surface area contributed by atoms with Crippen molar-refractivity contribution in [2.45, 2.75) is 72.6 Å². The van der Waals surface area contributed by atoms with Crippen molar-refractivity contribution in [3.05, 3.63) is 210 Å². The average molecular weight is 1130 g/mol. The first-order valence-corrected chi connectivity index (χ1v) is 24.8. The second kappa shape index (κ2) is 18.8. The van der Waals surface area contributed by atoms with Crippen LogP contribution in [0.4, 0.5) is 0 Å². The number of imidazole rings is 1. The Kier molecular flexibility index (Phi) is 11.3. The molecule has 5 nitrogen and oxygen atoms in total. The van der Waals surface area contributed by atoms with Crippen molar-refractivity contribution in [1.82, 2.24) is 14.5 Å². The molecule has 0 aliphatic rings.